The molecule has 1 rings (SSSR count). The molecule has 84 valence electrons. The largest absolute Gasteiger partial charge is 0.330 e. The molecular weight excluding hydrogens is 212 g/mol. The van der Waals surface area contributed by atoms with Crippen LogP contribution in [0.25, 0.3) is 0 Å². The van der Waals surface area contributed by atoms with Crippen molar-refractivity contribution in [3.63, 3.8) is 0 Å². The van der Waals surface area contributed by atoms with Gasteiger partial charge in [-0.1, -0.05) is 6.07 Å². The van der Waals surface area contributed by atoms with Gasteiger partial charge in [-0.2, -0.15) is 0 Å². The molecule has 0 aliphatic heterocycles. The number of nitrogens with two attached hydrogens (primary N) is 2. The Kier molecular flexibility index (Phi) is 3.49. The molecule has 1 aromatic rings. The number of hydrogen-bond acceptors (Lipinski definition) is 3. The molecule has 0 amide bonds. The Morgan fingerprint density at radius 2 is 1.80 bits per heavy atom. The van der Waals surface area contributed by atoms with E-state index in [1.165, 1.54) is 0 Å². The van der Waals surface area contributed by atoms with E-state index in [9.17, 15) is 8.42 Å². The van der Waals surface area contributed by atoms with Crippen LogP contribution in [0.1, 0.15) is 16.7 Å². The Labute approximate surface area is 90.3 Å². The zero-order valence-electron chi connectivity index (χ0n) is 8.95. The molecule has 4 N–H and O–H groups in total. The van der Waals surface area contributed by atoms with Crippen molar-refractivity contribution in [2.24, 2.45) is 10.9 Å². The highest BCUT2D eigenvalue weighted by molar-refractivity contribution is 7.89. The molecule has 0 saturated carbocycles. The van der Waals surface area contributed by atoms with Gasteiger partial charge < -0.3 is 5.73 Å². The Morgan fingerprint density at radius 1 is 1.20 bits per heavy atom. The van der Waals surface area contributed by atoms with Crippen LogP contribution in [0.3, 0.4) is 0 Å². The molecule has 0 bridgehead atoms. The summed E-state index contributed by atoms with van der Waals surface area (Å²) in [5, 5.41) is 5.10. The third-order valence-corrected chi connectivity index (χ3v) is 3.63. The van der Waals surface area contributed by atoms with Crippen molar-refractivity contribution in [2.45, 2.75) is 25.2 Å². The average Bonchev–Trinajstić information content (AvgIpc) is 2.11. The smallest absolute Gasteiger partial charge is 0.238 e. The van der Waals surface area contributed by atoms with Crippen molar-refractivity contribution >= 4 is 10.0 Å². The first-order valence-corrected chi connectivity index (χ1v) is 6.24. The molecule has 0 aliphatic carbocycles. The highest BCUT2D eigenvalue weighted by Gasteiger charge is 2.14. The summed E-state index contributed by atoms with van der Waals surface area (Å²) in [6.07, 6.45) is 0.748. The Morgan fingerprint density at radius 3 is 2.27 bits per heavy atom. The van der Waals surface area contributed by atoms with Crippen molar-refractivity contribution in [3.05, 3.63) is 28.8 Å². The summed E-state index contributed by atoms with van der Waals surface area (Å²) in [5.41, 5.74) is 8.19. The summed E-state index contributed by atoms with van der Waals surface area (Å²) in [6, 6.07) is 3.32. The van der Waals surface area contributed by atoms with Gasteiger partial charge in [-0.25, -0.2) is 13.6 Å². The fourth-order valence-electron chi connectivity index (χ4n) is 1.59. The van der Waals surface area contributed by atoms with E-state index < -0.39 is 10.0 Å². The van der Waals surface area contributed by atoms with Gasteiger partial charge >= 0.3 is 0 Å². The lowest BCUT2D eigenvalue weighted by Gasteiger charge is -2.11. The minimum absolute atomic E-state index is 0.195. The van der Waals surface area contributed by atoms with Gasteiger partial charge in [0, 0.05) is 0 Å². The van der Waals surface area contributed by atoms with Gasteiger partial charge in [0.2, 0.25) is 10.0 Å². The van der Waals surface area contributed by atoms with Gasteiger partial charge in [0.25, 0.3) is 0 Å². The number of sulfonamides is 1. The van der Waals surface area contributed by atoms with Gasteiger partial charge in [-0.3, -0.25) is 0 Å². The molecule has 5 heteroatoms. The number of benzene rings is 1. The van der Waals surface area contributed by atoms with E-state index in [0.29, 0.717) is 12.1 Å². The number of primary sulfonamides is 1. The standard InChI is InChI=1S/C10H16N2O2S/c1-7-8(2)10(15(12,13)14)4-3-9(7)5-6-11/h3-4H,5-6,11H2,1-2H3,(H2,12,13,14). The van der Waals surface area contributed by atoms with Crippen LogP contribution < -0.4 is 10.9 Å². The number of rotatable bonds is 3. The molecule has 15 heavy (non-hydrogen) atoms. The molecular formula is C10H16N2O2S. The summed E-state index contributed by atoms with van der Waals surface area (Å²) in [7, 11) is -3.62. The van der Waals surface area contributed by atoms with Crippen LogP contribution >= 0.6 is 0 Å². The van der Waals surface area contributed by atoms with E-state index in [1.807, 2.05) is 6.92 Å². The molecule has 0 fully saturated rings. The maximum atomic E-state index is 11.2. The first kappa shape index (κ1) is 12.2. The summed E-state index contributed by atoms with van der Waals surface area (Å²) < 4.78 is 22.5. The average molecular weight is 228 g/mol. The molecule has 0 radical (unpaired) electrons. The molecule has 0 aliphatic rings. The topological polar surface area (TPSA) is 86.2 Å². The second-order valence-electron chi connectivity index (χ2n) is 3.56. The lowest BCUT2D eigenvalue weighted by molar-refractivity contribution is 0.597. The third kappa shape index (κ3) is 2.56. The van der Waals surface area contributed by atoms with Crippen molar-refractivity contribution in [3.8, 4) is 0 Å². The van der Waals surface area contributed by atoms with Gasteiger partial charge in [0.15, 0.2) is 0 Å². The van der Waals surface area contributed by atoms with Crippen LogP contribution in [-0.2, 0) is 16.4 Å². The van der Waals surface area contributed by atoms with E-state index in [4.69, 9.17) is 10.9 Å². The lowest BCUT2D eigenvalue weighted by atomic mass is 10.0. The molecule has 0 heterocycles. The Bertz CT molecular complexity index is 467. The second-order valence-corrected chi connectivity index (χ2v) is 5.09. The van der Waals surface area contributed by atoms with Gasteiger partial charge in [0.1, 0.15) is 0 Å². The first-order valence-electron chi connectivity index (χ1n) is 4.70. The Hall–Kier alpha value is -0.910. The van der Waals surface area contributed by atoms with Crippen LogP contribution in [0.5, 0.6) is 0 Å². The predicted octanol–water partition coefficient (Wildman–Crippen LogP) is 0.452. The van der Waals surface area contributed by atoms with Crippen LogP contribution in [0.15, 0.2) is 17.0 Å². The molecule has 0 saturated heterocycles. The summed E-state index contributed by atoms with van der Waals surface area (Å²) >= 11 is 0. The van der Waals surface area contributed by atoms with E-state index in [2.05, 4.69) is 0 Å². The maximum Gasteiger partial charge on any atom is 0.238 e. The fraction of sp³-hybridized carbons (Fsp3) is 0.400. The van der Waals surface area contributed by atoms with Crippen molar-refractivity contribution in [2.75, 3.05) is 6.54 Å². The van der Waals surface area contributed by atoms with Crippen molar-refractivity contribution in [1.29, 1.82) is 0 Å². The highest BCUT2D eigenvalue weighted by Crippen LogP contribution is 2.20. The van der Waals surface area contributed by atoms with E-state index >= 15 is 0 Å². The predicted molar refractivity (Wildman–Crippen MR) is 60.0 cm³/mol. The monoisotopic (exact) mass is 228 g/mol. The van der Waals surface area contributed by atoms with Crippen LogP contribution in [0, 0.1) is 13.8 Å². The quantitative estimate of drug-likeness (QED) is 0.787. The lowest BCUT2D eigenvalue weighted by Crippen LogP contribution is -2.15. The zero-order chi connectivity index (χ0) is 11.6. The SMILES string of the molecule is Cc1c(CCN)ccc(S(N)(=O)=O)c1C. The maximum absolute atomic E-state index is 11.2. The molecule has 0 spiro atoms. The van der Waals surface area contributed by atoms with Crippen LogP contribution in [0.2, 0.25) is 0 Å². The van der Waals surface area contributed by atoms with Crippen LogP contribution in [-0.4, -0.2) is 15.0 Å². The second kappa shape index (κ2) is 4.30. The minimum atomic E-state index is -3.62. The van der Waals surface area contributed by atoms with E-state index in [-0.39, 0.29) is 4.90 Å². The molecule has 1 aromatic carbocycles. The molecule has 4 nitrogen and oxygen atoms in total. The molecule has 0 atom stereocenters. The fourth-order valence-corrected chi connectivity index (χ4v) is 2.42. The van der Waals surface area contributed by atoms with Crippen LogP contribution in [0.4, 0.5) is 0 Å². The highest BCUT2D eigenvalue weighted by atomic mass is 32.2. The van der Waals surface area contributed by atoms with E-state index in [0.717, 1.165) is 17.5 Å². The minimum Gasteiger partial charge on any atom is -0.330 e. The van der Waals surface area contributed by atoms with Gasteiger partial charge in [0.05, 0.1) is 4.90 Å². The molecule has 0 unspecified atom stereocenters. The van der Waals surface area contributed by atoms with Crippen molar-refractivity contribution in [1.82, 2.24) is 0 Å². The zero-order valence-corrected chi connectivity index (χ0v) is 9.76. The molecule has 0 aromatic heterocycles. The van der Waals surface area contributed by atoms with Crippen molar-refractivity contribution < 1.29 is 8.42 Å². The van der Waals surface area contributed by atoms with E-state index in [1.54, 1.807) is 19.1 Å². The normalized spacial score (nSPS) is 11.7. The summed E-state index contributed by atoms with van der Waals surface area (Å²) in [4.78, 5) is 0.195. The Balaban J connectivity index is 3.34. The summed E-state index contributed by atoms with van der Waals surface area (Å²) in [6.45, 7) is 4.19. The number of hydrogen-bond donors (Lipinski definition) is 2. The summed E-state index contributed by atoms with van der Waals surface area (Å²) in [5.74, 6) is 0. The van der Waals surface area contributed by atoms with Gasteiger partial charge in [-0.15, -0.1) is 0 Å². The van der Waals surface area contributed by atoms with Gasteiger partial charge in [-0.05, 0) is 49.6 Å². The third-order valence-electron chi connectivity index (χ3n) is 2.57. The first-order chi connectivity index (χ1) is 6.88.